The van der Waals surface area contributed by atoms with Crippen LogP contribution in [0.1, 0.15) is 5.56 Å². The van der Waals surface area contributed by atoms with Gasteiger partial charge in [0.15, 0.2) is 0 Å². The minimum Gasteiger partial charge on any atom is -0.468 e. The number of esters is 1. The Bertz CT molecular complexity index is 364. The number of anilines is 1. The maximum Gasteiger partial charge on any atom is 0.322 e. The molecule has 0 heterocycles. The molecule has 0 amide bonds. The predicted molar refractivity (Wildman–Crippen MR) is 64.5 cm³/mol. The third kappa shape index (κ3) is 2.97. The van der Waals surface area contributed by atoms with Gasteiger partial charge >= 0.3 is 5.97 Å². The van der Waals surface area contributed by atoms with Gasteiger partial charge in [0.1, 0.15) is 6.04 Å². The van der Waals surface area contributed by atoms with E-state index < -0.39 is 6.04 Å². The lowest BCUT2D eigenvalue weighted by molar-refractivity contribution is -0.142. The van der Waals surface area contributed by atoms with Crippen LogP contribution < -0.4 is 10.6 Å². The fourth-order valence-electron chi connectivity index (χ4n) is 1.59. The Kier molecular flexibility index (Phi) is 4.31. The third-order valence-electron chi connectivity index (χ3n) is 2.42. The highest BCUT2D eigenvalue weighted by Crippen LogP contribution is 2.19. The summed E-state index contributed by atoms with van der Waals surface area (Å²) >= 11 is 0. The maximum atomic E-state index is 11.2. The summed E-state index contributed by atoms with van der Waals surface area (Å²) in [6, 6.07) is 7.26. The average molecular weight is 222 g/mol. The van der Waals surface area contributed by atoms with E-state index in [1.807, 2.05) is 43.3 Å². The Morgan fingerprint density at radius 2 is 2.06 bits per heavy atom. The fourth-order valence-corrected chi connectivity index (χ4v) is 1.59. The van der Waals surface area contributed by atoms with Gasteiger partial charge in [0.05, 0.1) is 7.11 Å². The number of nitrogens with zero attached hydrogens (tertiary/aromatic N) is 1. The zero-order chi connectivity index (χ0) is 12.1. The summed E-state index contributed by atoms with van der Waals surface area (Å²) in [5.41, 5.74) is 7.85. The molecule has 4 nitrogen and oxygen atoms in total. The van der Waals surface area contributed by atoms with E-state index in [1.54, 1.807) is 0 Å². The monoisotopic (exact) mass is 222 g/mol. The van der Waals surface area contributed by atoms with E-state index in [9.17, 15) is 4.79 Å². The Labute approximate surface area is 96.0 Å². The molecule has 0 spiro atoms. The molecule has 1 aromatic rings. The van der Waals surface area contributed by atoms with Crippen LogP contribution in [-0.4, -0.2) is 33.2 Å². The van der Waals surface area contributed by atoms with Crippen LogP contribution in [0.15, 0.2) is 24.3 Å². The van der Waals surface area contributed by atoms with Gasteiger partial charge in [-0.1, -0.05) is 18.2 Å². The quantitative estimate of drug-likeness (QED) is 0.765. The Balaban J connectivity index is 2.84. The molecular formula is C12H18N2O2. The van der Waals surface area contributed by atoms with Crippen molar-refractivity contribution in [3.8, 4) is 0 Å². The van der Waals surface area contributed by atoms with Crippen molar-refractivity contribution in [2.24, 2.45) is 5.73 Å². The van der Waals surface area contributed by atoms with E-state index in [2.05, 4.69) is 4.74 Å². The lowest BCUT2D eigenvalue weighted by Crippen LogP contribution is -2.34. The number of nitrogens with two attached hydrogens (primary N) is 1. The zero-order valence-electron chi connectivity index (χ0n) is 9.93. The average Bonchev–Trinajstić information content (AvgIpc) is 2.28. The summed E-state index contributed by atoms with van der Waals surface area (Å²) in [7, 11) is 5.27. The summed E-state index contributed by atoms with van der Waals surface area (Å²) in [6.45, 7) is 0. The number of benzene rings is 1. The number of para-hydroxylation sites is 1. The molecule has 88 valence electrons. The fraction of sp³-hybridized carbons (Fsp3) is 0.417. The first-order chi connectivity index (χ1) is 7.56. The second kappa shape index (κ2) is 5.51. The van der Waals surface area contributed by atoms with Gasteiger partial charge in [0.25, 0.3) is 0 Å². The molecule has 0 radical (unpaired) electrons. The number of hydrogen-bond donors (Lipinski definition) is 1. The molecular weight excluding hydrogens is 204 g/mol. The van der Waals surface area contributed by atoms with Crippen molar-refractivity contribution in [2.45, 2.75) is 12.5 Å². The highest BCUT2D eigenvalue weighted by molar-refractivity contribution is 5.76. The molecule has 1 rings (SSSR count). The number of carbonyl (C=O) groups is 1. The number of rotatable bonds is 4. The van der Waals surface area contributed by atoms with Crippen LogP contribution in [0.2, 0.25) is 0 Å². The standard InChI is InChI=1S/C12H18N2O2/c1-14(2)11-7-5-4-6-9(11)8-10(13)12(15)16-3/h4-7,10H,8,13H2,1-3H3. The number of ether oxygens (including phenoxy) is 1. The summed E-state index contributed by atoms with van der Waals surface area (Å²) in [4.78, 5) is 13.2. The molecule has 0 saturated heterocycles. The van der Waals surface area contributed by atoms with Crippen LogP contribution >= 0.6 is 0 Å². The third-order valence-corrected chi connectivity index (χ3v) is 2.42. The number of carbonyl (C=O) groups excluding carboxylic acids is 1. The van der Waals surface area contributed by atoms with Crippen molar-refractivity contribution in [1.29, 1.82) is 0 Å². The van der Waals surface area contributed by atoms with Crippen molar-refractivity contribution in [1.82, 2.24) is 0 Å². The molecule has 1 atom stereocenters. The lowest BCUT2D eigenvalue weighted by atomic mass is 10.0. The first kappa shape index (κ1) is 12.5. The van der Waals surface area contributed by atoms with E-state index in [4.69, 9.17) is 5.73 Å². The van der Waals surface area contributed by atoms with Gasteiger partial charge < -0.3 is 15.4 Å². The molecule has 1 unspecified atom stereocenters. The van der Waals surface area contributed by atoms with Crippen LogP contribution in [0.4, 0.5) is 5.69 Å². The van der Waals surface area contributed by atoms with Crippen LogP contribution in [-0.2, 0) is 16.0 Å². The molecule has 0 fully saturated rings. The molecule has 0 bridgehead atoms. The van der Waals surface area contributed by atoms with Crippen molar-refractivity contribution in [2.75, 3.05) is 26.1 Å². The van der Waals surface area contributed by atoms with E-state index in [0.29, 0.717) is 6.42 Å². The molecule has 0 saturated carbocycles. The van der Waals surface area contributed by atoms with E-state index in [-0.39, 0.29) is 5.97 Å². The second-order valence-corrected chi connectivity index (χ2v) is 3.86. The normalized spacial score (nSPS) is 12.0. The van der Waals surface area contributed by atoms with Gasteiger partial charge in [-0.25, -0.2) is 0 Å². The number of hydrogen-bond acceptors (Lipinski definition) is 4. The smallest absolute Gasteiger partial charge is 0.322 e. The van der Waals surface area contributed by atoms with Crippen LogP contribution in [0.25, 0.3) is 0 Å². The van der Waals surface area contributed by atoms with Gasteiger partial charge in [-0.2, -0.15) is 0 Å². The molecule has 0 aliphatic carbocycles. The van der Waals surface area contributed by atoms with Crippen molar-refractivity contribution >= 4 is 11.7 Å². The van der Waals surface area contributed by atoms with Crippen LogP contribution in [0, 0.1) is 0 Å². The minimum atomic E-state index is -0.605. The summed E-state index contributed by atoms with van der Waals surface area (Å²) < 4.78 is 4.61. The molecule has 0 aliphatic heterocycles. The molecule has 4 heteroatoms. The van der Waals surface area contributed by atoms with Crippen molar-refractivity contribution in [3.63, 3.8) is 0 Å². The first-order valence-corrected chi connectivity index (χ1v) is 5.15. The summed E-state index contributed by atoms with van der Waals surface area (Å²) in [6.07, 6.45) is 0.487. The molecule has 16 heavy (non-hydrogen) atoms. The van der Waals surface area contributed by atoms with E-state index in [0.717, 1.165) is 11.3 Å². The summed E-state index contributed by atoms with van der Waals surface area (Å²) in [5.74, 6) is -0.381. The summed E-state index contributed by atoms with van der Waals surface area (Å²) in [5, 5.41) is 0. The van der Waals surface area contributed by atoms with E-state index >= 15 is 0 Å². The van der Waals surface area contributed by atoms with Gasteiger partial charge in [0, 0.05) is 26.2 Å². The largest absolute Gasteiger partial charge is 0.468 e. The van der Waals surface area contributed by atoms with Gasteiger partial charge in [0.2, 0.25) is 0 Å². The second-order valence-electron chi connectivity index (χ2n) is 3.86. The minimum absolute atomic E-state index is 0.381. The molecule has 0 aliphatic rings. The first-order valence-electron chi connectivity index (χ1n) is 5.15. The maximum absolute atomic E-state index is 11.2. The van der Waals surface area contributed by atoms with Crippen LogP contribution in [0.3, 0.4) is 0 Å². The topological polar surface area (TPSA) is 55.6 Å². The van der Waals surface area contributed by atoms with E-state index in [1.165, 1.54) is 7.11 Å². The molecule has 1 aromatic carbocycles. The zero-order valence-corrected chi connectivity index (χ0v) is 9.93. The Morgan fingerprint density at radius 3 is 2.62 bits per heavy atom. The SMILES string of the molecule is COC(=O)C(N)Cc1ccccc1N(C)C. The van der Waals surface area contributed by atoms with Crippen molar-refractivity contribution in [3.05, 3.63) is 29.8 Å². The predicted octanol–water partition coefficient (Wildman–Crippen LogP) is 0.795. The van der Waals surface area contributed by atoms with Gasteiger partial charge in [-0.15, -0.1) is 0 Å². The van der Waals surface area contributed by atoms with Gasteiger partial charge in [-0.3, -0.25) is 4.79 Å². The number of methoxy groups -OCH3 is 1. The van der Waals surface area contributed by atoms with Crippen molar-refractivity contribution < 1.29 is 9.53 Å². The van der Waals surface area contributed by atoms with Gasteiger partial charge in [-0.05, 0) is 11.6 Å². The molecule has 2 N–H and O–H groups in total. The lowest BCUT2D eigenvalue weighted by Gasteiger charge is -2.18. The van der Waals surface area contributed by atoms with Crippen LogP contribution in [0.5, 0.6) is 0 Å². The molecule has 0 aromatic heterocycles. The Hall–Kier alpha value is -1.55. The highest BCUT2D eigenvalue weighted by atomic mass is 16.5. The Morgan fingerprint density at radius 1 is 1.44 bits per heavy atom. The highest BCUT2D eigenvalue weighted by Gasteiger charge is 2.16.